The van der Waals surface area contributed by atoms with E-state index in [1.807, 2.05) is 37.3 Å². The molecule has 6 heteroatoms. The molecule has 0 fully saturated rings. The minimum atomic E-state index is -0.235. The molecule has 0 unspecified atom stereocenters. The molecule has 0 saturated heterocycles. The standard InChI is InChI=1S/C18H15N3O2S/c1-12-14(17(22)20-13-6-3-2-4-7-13)8-5-9-15(12)21-18(23)16-10-19-11-24-16/h2-11H,1H3,(H,20,22)(H,21,23). The Kier molecular flexibility index (Phi) is 4.67. The number of anilines is 2. The lowest BCUT2D eigenvalue weighted by molar-refractivity contribution is 0.101. The van der Waals surface area contributed by atoms with Crippen LogP contribution in [-0.4, -0.2) is 16.8 Å². The SMILES string of the molecule is Cc1c(NC(=O)c2cncs2)cccc1C(=O)Nc1ccccc1. The van der Waals surface area contributed by atoms with Crippen LogP contribution in [0.15, 0.2) is 60.2 Å². The summed E-state index contributed by atoms with van der Waals surface area (Å²) in [7, 11) is 0. The van der Waals surface area contributed by atoms with Crippen LogP contribution >= 0.6 is 11.3 Å². The van der Waals surface area contributed by atoms with Gasteiger partial charge < -0.3 is 10.6 Å². The van der Waals surface area contributed by atoms with E-state index in [1.165, 1.54) is 17.5 Å². The van der Waals surface area contributed by atoms with Gasteiger partial charge in [-0.1, -0.05) is 24.3 Å². The topological polar surface area (TPSA) is 71.1 Å². The molecule has 0 bridgehead atoms. The van der Waals surface area contributed by atoms with E-state index in [1.54, 1.807) is 23.7 Å². The van der Waals surface area contributed by atoms with Gasteiger partial charge in [-0.05, 0) is 36.8 Å². The molecule has 120 valence electrons. The Bertz CT molecular complexity index is 861. The molecular weight excluding hydrogens is 322 g/mol. The fourth-order valence-electron chi connectivity index (χ4n) is 2.25. The Morgan fingerprint density at radius 3 is 2.46 bits per heavy atom. The van der Waals surface area contributed by atoms with Crippen LogP contribution < -0.4 is 10.6 Å². The maximum atomic E-state index is 12.5. The summed E-state index contributed by atoms with van der Waals surface area (Å²) < 4.78 is 0. The second kappa shape index (κ2) is 7.06. The van der Waals surface area contributed by atoms with E-state index < -0.39 is 0 Å². The molecule has 0 aliphatic heterocycles. The van der Waals surface area contributed by atoms with E-state index in [-0.39, 0.29) is 11.8 Å². The molecule has 3 rings (SSSR count). The van der Waals surface area contributed by atoms with Crippen LogP contribution in [0.1, 0.15) is 25.6 Å². The summed E-state index contributed by atoms with van der Waals surface area (Å²) in [6, 6.07) is 14.5. The molecule has 0 spiro atoms. The first-order valence-corrected chi connectivity index (χ1v) is 8.19. The zero-order chi connectivity index (χ0) is 16.9. The molecular formula is C18H15N3O2S. The van der Waals surface area contributed by atoms with Crippen LogP contribution in [0.25, 0.3) is 0 Å². The van der Waals surface area contributed by atoms with Gasteiger partial charge in [0.2, 0.25) is 0 Å². The summed E-state index contributed by atoms with van der Waals surface area (Å²) in [5, 5.41) is 5.67. The Hall–Kier alpha value is -2.99. The molecule has 0 atom stereocenters. The average Bonchev–Trinajstić information content (AvgIpc) is 3.12. The van der Waals surface area contributed by atoms with Gasteiger partial charge in [0.25, 0.3) is 11.8 Å². The number of hydrogen-bond donors (Lipinski definition) is 2. The minimum Gasteiger partial charge on any atom is -0.322 e. The molecule has 2 aromatic carbocycles. The summed E-state index contributed by atoms with van der Waals surface area (Å²) in [4.78, 5) is 29.0. The van der Waals surface area contributed by atoms with Crippen molar-refractivity contribution in [3.05, 3.63) is 76.2 Å². The lowest BCUT2D eigenvalue weighted by Crippen LogP contribution is -2.16. The van der Waals surface area contributed by atoms with Crippen molar-refractivity contribution >= 4 is 34.5 Å². The lowest BCUT2D eigenvalue weighted by Gasteiger charge is -2.12. The second-order valence-corrected chi connectivity index (χ2v) is 6.00. The summed E-state index contributed by atoms with van der Waals surface area (Å²) in [5.41, 5.74) is 4.16. The number of carbonyl (C=O) groups is 2. The Labute approximate surface area is 143 Å². The van der Waals surface area contributed by atoms with Crippen molar-refractivity contribution in [1.82, 2.24) is 4.98 Å². The smallest absolute Gasteiger partial charge is 0.267 e. The lowest BCUT2D eigenvalue weighted by atomic mass is 10.1. The van der Waals surface area contributed by atoms with Gasteiger partial charge >= 0.3 is 0 Å². The van der Waals surface area contributed by atoms with Crippen LogP contribution in [0.2, 0.25) is 0 Å². The molecule has 3 aromatic rings. The number of nitrogens with zero attached hydrogens (tertiary/aromatic N) is 1. The van der Waals surface area contributed by atoms with Gasteiger partial charge in [0.1, 0.15) is 4.88 Å². The van der Waals surface area contributed by atoms with Gasteiger partial charge in [0.05, 0.1) is 11.7 Å². The van der Waals surface area contributed by atoms with E-state index in [4.69, 9.17) is 0 Å². The maximum absolute atomic E-state index is 12.5. The van der Waals surface area contributed by atoms with Crippen LogP contribution in [0, 0.1) is 6.92 Å². The van der Waals surface area contributed by atoms with Gasteiger partial charge in [0, 0.05) is 16.9 Å². The highest BCUT2D eigenvalue weighted by molar-refractivity contribution is 7.11. The molecule has 0 radical (unpaired) electrons. The monoisotopic (exact) mass is 337 g/mol. The molecule has 2 amide bonds. The van der Waals surface area contributed by atoms with Crippen LogP contribution in [0.3, 0.4) is 0 Å². The van der Waals surface area contributed by atoms with E-state index in [0.717, 1.165) is 5.69 Å². The summed E-state index contributed by atoms with van der Waals surface area (Å²) in [5.74, 6) is -0.450. The van der Waals surface area contributed by atoms with Gasteiger partial charge in [-0.25, -0.2) is 0 Å². The zero-order valence-corrected chi connectivity index (χ0v) is 13.8. The Balaban J connectivity index is 1.80. The van der Waals surface area contributed by atoms with Crippen molar-refractivity contribution in [3.63, 3.8) is 0 Å². The van der Waals surface area contributed by atoms with Crippen LogP contribution in [-0.2, 0) is 0 Å². The highest BCUT2D eigenvalue weighted by atomic mass is 32.1. The molecule has 0 saturated carbocycles. The van der Waals surface area contributed by atoms with E-state index >= 15 is 0 Å². The molecule has 2 N–H and O–H groups in total. The van der Waals surface area contributed by atoms with Gasteiger partial charge in [-0.2, -0.15) is 0 Å². The molecule has 1 heterocycles. The molecule has 1 aromatic heterocycles. The second-order valence-electron chi connectivity index (χ2n) is 5.12. The first kappa shape index (κ1) is 15.9. The minimum absolute atomic E-state index is 0.215. The highest BCUT2D eigenvalue weighted by Gasteiger charge is 2.14. The normalized spacial score (nSPS) is 10.2. The van der Waals surface area contributed by atoms with Crippen LogP contribution in [0.5, 0.6) is 0 Å². The Morgan fingerprint density at radius 1 is 0.958 bits per heavy atom. The number of hydrogen-bond acceptors (Lipinski definition) is 4. The number of thiazole rings is 1. The fraction of sp³-hybridized carbons (Fsp3) is 0.0556. The fourth-order valence-corrected chi connectivity index (χ4v) is 2.76. The van der Waals surface area contributed by atoms with Crippen molar-refractivity contribution in [2.24, 2.45) is 0 Å². The van der Waals surface area contributed by atoms with Gasteiger partial charge in [-0.3, -0.25) is 14.6 Å². The molecule has 0 aliphatic rings. The number of aromatic nitrogens is 1. The predicted octanol–water partition coefficient (Wildman–Crippen LogP) is 3.96. The number of amides is 2. The van der Waals surface area contributed by atoms with E-state index in [2.05, 4.69) is 15.6 Å². The van der Waals surface area contributed by atoms with Crippen molar-refractivity contribution in [2.75, 3.05) is 10.6 Å². The van der Waals surface area contributed by atoms with E-state index in [9.17, 15) is 9.59 Å². The number of para-hydroxylation sites is 1. The van der Waals surface area contributed by atoms with Gasteiger partial charge in [0.15, 0.2) is 0 Å². The van der Waals surface area contributed by atoms with Crippen molar-refractivity contribution in [3.8, 4) is 0 Å². The van der Waals surface area contributed by atoms with E-state index in [0.29, 0.717) is 21.7 Å². The maximum Gasteiger partial charge on any atom is 0.267 e. The molecule has 0 aliphatic carbocycles. The number of rotatable bonds is 4. The first-order valence-electron chi connectivity index (χ1n) is 7.31. The Morgan fingerprint density at radius 2 is 1.75 bits per heavy atom. The van der Waals surface area contributed by atoms with Crippen molar-refractivity contribution in [1.29, 1.82) is 0 Å². The summed E-state index contributed by atoms with van der Waals surface area (Å²) >= 11 is 1.27. The molecule has 5 nitrogen and oxygen atoms in total. The number of benzene rings is 2. The third-order valence-corrected chi connectivity index (χ3v) is 4.29. The number of nitrogens with one attached hydrogen (secondary N) is 2. The van der Waals surface area contributed by atoms with Crippen LogP contribution in [0.4, 0.5) is 11.4 Å². The predicted molar refractivity (Wildman–Crippen MR) is 95.6 cm³/mol. The number of carbonyl (C=O) groups excluding carboxylic acids is 2. The van der Waals surface area contributed by atoms with Crippen molar-refractivity contribution < 1.29 is 9.59 Å². The van der Waals surface area contributed by atoms with Crippen molar-refractivity contribution in [2.45, 2.75) is 6.92 Å². The quantitative estimate of drug-likeness (QED) is 0.757. The summed E-state index contributed by atoms with van der Waals surface area (Å²) in [6.45, 7) is 1.81. The average molecular weight is 337 g/mol. The zero-order valence-electron chi connectivity index (χ0n) is 12.9. The third kappa shape index (κ3) is 3.49. The summed E-state index contributed by atoms with van der Waals surface area (Å²) in [6.07, 6.45) is 1.52. The first-order chi connectivity index (χ1) is 11.6. The largest absolute Gasteiger partial charge is 0.322 e. The molecule has 24 heavy (non-hydrogen) atoms. The van der Waals surface area contributed by atoms with Gasteiger partial charge in [-0.15, -0.1) is 11.3 Å². The highest BCUT2D eigenvalue weighted by Crippen LogP contribution is 2.21. The third-order valence-electron chi connectivity index (χ3n) is 3.51.